The van der Waals surface area contributed by atoms with Gasteiger partial charge < -0.3 is 9.47 Å². The summed E-state index contributed by atoms with van der Waals surface area (Å²) in [6.07, 6.45) is 3.72. The fourth-order valence-electron chi connectivity index (χ4n) is 3.97. The molecule has 3 heterocycles. The van der Waals surface area contributed by atoms with Crippen LogP contribution in [0.25, 0.3) is 33.7 Å². The Hall–Kier alpha value is -3.32. The molecule has 2 aromatic carbocycles. The predicted molar refractivity (Wildman–Crippen MR) is 112 cm³/mol. The van der Waals surface area contributed by atoms with Crippen LogP contribution in [0.5, 0.6) is 5.75 Å². The maximum Gasteiger partial charge on any atom is 0.166 e. The number of benzene rings is 2. The zero-order valence-corrected chi connectivity index (χ0v) is 16.6. The highest BCUT2D eigenvalue weighted by Crippen LogP contribution is 2.33. The molecule has 0 aliphatic carbocycles. The number of hydrogen-bond donors (Lipinski definition) is 1. The summed E-state index contributed by atoms with van der Waals surface area (Å²) in [5, 5.41) is 7.41. The molecule has 0 amide bonds. The number of halogens is 1. The highest BCUT2D eigenvalue weighted by Gasteiger charge is 2.19. The summed E-state index contributed by atoms with van der Waals surface area (Å²) in [4.78, 5) is 8.94. The third-order valence-electron chi connectivity index (χ3n) is 5.60. The smallest absolute Gasteiger partial charge is 0.166 e. The Morgan fingerprint density at radius 2 is 1.90 bits per heavy atom. The normalized spacial score (nSPS) is 14.9. The average molecular weight is 404 g/mol. The molecule has 0 unspecified atom stereocenters. The van der Waals surface area contributed by atoms with E-state index in [0.717, 1.165) is 31.6 Å². The Morgan fingerprint density at radius 3 is 2.67 bits per heavy atom. The first kappa shape index (κ1) is 18.7. The lowest BCUT2D eigenvalue weighted by molar-refractivity contribution is 0.0853. The van der Waals surface area contributed by atoms with Gasteiger partial charge in [-0.2, -0.15) is 5.10 Å². The topological polar surface area (TPSA) is 72.9 Å². The van der Waals surface area contributed by atoms with Crippen LogP contribution in [0, 0.1) is 5.82 Å². The van der Waals surface area contributed by atoms with Crippen molar-refractivity contribution in [3.05, 3.63) is 60.0 Å². The van der Waals surface area contributed by atoms with E-state index in [1.807, 2.05) is 0 Å². The first-order chi connectivity index (χ1) is 14.7. The number of fused-ring (bicyclic) bond motifs is 1. The van der Waals surface area contributed by atoms with Crippen LogP contribution in [0.4, 0.5) is 4.39 Å². The number of methoxy groups -OCH3 is 1. The lowest BCUT2D eigenvalue weighted by Crippen LogP contribution is -2.13. The maximum atomic E-state index is 14.5. The van der Waals surface area contributed by atoms with E-state index < -0.39 is 5.82 Å². The Labute approximate surface area is 173 Å². The largest absolute Gasteiger partial charge is 0.496 e. The first-order valence-corrected chi connectivity index (χ1v) is 9.96. The van der Waals surface area contributed by atoms with Crippen molar-refractivity contribution in [1.29, 1.82) is 0 Å². The van der Waals surface area contributed by atoms with Gasteiger partial charge in [-0.3, -0.25) is 5.10 Å². The molecular formula is C23H21FN4O2. The highest BCUT2D eigenvalue weighted by atomic mass is 19.1. The summed E-state index contributed by atoms with van der Waals surface area (Å²) in [7, 11) is 1.50. The molecule has 4 aromatic rings. The Bertz CT molecular complexity index is 1180. The molecule has 0 bridgehead atoms. The van der Waals surface area contributed by atoms with Crippen molar-refractivity contribution in [3.63, 3.8) is 0 Å². The molecule has 152 valence electrons. The predicted octanol–water partition coefficient (Wildman–Crippen LogP) is 4.73. The SMILES string of the molecule is COc1cccc(F)c1-c1ncc2[nH]nc(-c3ccc(C4CCOCC4)cc3)c2n1. The molecule has 1 aliphatic rings. The fourth-order valence-corrected chi connectivity index (χ4v) is 3.97. The van der Waals surface area contributed by atoms with Crippen LogP contribution in [-0.4, -0.2) is 40.5 Å². The summed E-state index contributed by atoms with van der Waals surface area (Å²) in [5.41, 5.74) is 4.54. The van der Waals surface area contributed by atoms with E-state index in [-0.39, 0.29) is 11.4 Å². The standard InChI is InChI=1S/C23H21FN4O2/c1-29-19-4-2-3-17(24)20(19)23-25-13-18-22(26-23)21(28-27-18)16-7-5-14(6-8-16)15-9-11-30-12-10-15/h2-8,13,15H,9-12H2,1H3,(H,27,28). The number of rotatable bonds is 4. The number of aromatic amines is 1. The van der Waals surface area contributed by atoms with Crippen LogP contribution >= 0.6 is 0 Å². The van der Waals surface area contributed by atoms with Gasteiger partial charge in [0, 0.05) is 18.8 Å². The van der Waals surface area contributed by atoms with E-state index in [1.165, 1.54) is 18.7 Å². The summed E-state index contributed by atoms with van der Waals surface area (Å²) < 4.78 is 25.3. The van der Waals surface area contributed by atoms with E-state index in [1.54, 1.807) is 18.3 Å². The van der Waals surface area contributed by atoms with E-state index in [2.05, 4.69) is 44.4 Å². The van der Waals surface area contributed by atoms with Gasteiger partial charge in [0.1, 0.15) is 28.3 Å². The van der Waals surface area contributed by atoms with Crippen molar-refractivity contribution in [3.8, 4) is 28.4 Å². The molecule has 0 radical (unpaired) electrons. The lowest BCUT2D eigenvalue weighted by atomic mass is 9.91. The van der Waals surface area contributed by atoms with Crippen molar-refractivity contribution in [1.82, 2.24) is 20.2 Å². The van der Waals surface area contributed by atoms with Gasteiger partial charge in [0.2, 0.25) is 0 Å². The second-order valence-electron chi connectivity index (χ2n) is 7.35. The third kappa shape index (κ3) is 3.31. The van der Waals surface area contributed by atoms with Gasteiger partial charge in [-0.15, -0.1) is 0 Å². The summed E-state index contributed by atoms with van der Waals surface area (Å²) >= 11 is 0. The maximum absolute atomic E-state index is 14.5. The second kappa shape index (κ2) is 7.84. The zero-order chi connectivity index (χ0) is 20.5. The Balaban J connectivity index is 1.54. The lowest BCUT2D eigenvalue weighted by Gasteiger charge is -2.22. The van der Waals surface area contributed by atoms with Gasteiger partial charge in [-0.25, -0.2) is 14.4 Å². The Morgan fingerprint density at radius 1 is 1.10 bits per heavy atom. The molecule has 5 rings (SSSR count). The quantitative estimate of drug-likeness (QED) is 0.532. The summed E-state index contributed by atoms with van der Waals surface area (Å²) in [6, 6.07) is 13.1. The number of H-pyrrole nitrogens is 1. The van der Waals surface area contributed by atoms with Crippen LogP contribution < -0.4 is 4.74 Å². The molecule has 0 spiro atoms. The molecule has 7 heteroatoms. The molecule has 1 aliphatic heterocycles. The molecule has 30 heavy (non-hydrogen) atoms. The third-order valence-corrected chi connectivity index (χ3v) is 5.60. The molecule has 1 N–H and O–H groups in total. The molecule has 1 saturated heterocycles. The minimum atomic E-state index is -0.431. The molecule has 0 atom stereocenters. The molecule has 0 saturated carbocycles. The number of aromatic nitrogens is 4. The number of nitrogens with one attached hydrogen (secondary N) is 1. The number of nitrogens with zero attached hydrogens (tertiary/aromatic N) is 3. The van der Waals surface area contributed by atoms with E-state index in [0.29, 0.717) is 28.4 Å². The van der Waals surface area contributed by atoms with Gasteiger partial charge in [0.15, 0.2) is 5.82 Å². The van der Waals surface area contributed by atoms with Crippen molar-refractivity contribution in [2.75, 3.05) is 20.3 Å². The average Bonchev–Trinajstić information content (AvgIpc) is 3.23. The van der Waals surface area contributed by atoms with Crippen LogP contribution in [-0.2, 0) is 4.74 Å². The van der Waals surface area contributed by atoms with Crippen LogP contribution in [0.15, 0.2) is 48.7 Å². The molecular weight excluding hydrogens is 383 g/mol. The first-order valence-electron chi connectivity index (χ1n) is 9.96. The number of hydrogen-bond acceptors (Lipinski definition) is 5. The number of ether oxygens (including phenoxy) is 2. The van der Waals surface area contributed by atoms with Gasteiger partial charge in [-0.05, 0) is 36.5 Å². The second-order valence-corrected chi connectivity index (χ2v) is 7.35. The minimum absolute atomic E-state index is 0.240. The van der Waals surface area contributed by atoms with Gasteiger partial charge in [-0.1, -0.05) is 30.3 Å². The van der Waals surface area contributed by atoms with Crippen molar-refractivity contribution in [2.45, 2.75) is 18.8 Å². The highest BCUT2D eigenvalue weighted by molar-refractivity contribution is 5.90. The van der Waals surface area contributed by atoms with E-state index in [4.69, 9.17) is 9.47 Å². The molecule has 2 aromatic heterocycles. The molecule has 6 nitrogen and oxygen atoms in total. The van der Waals surface area contributed by atoms with Gasteiger partial charge in [0.05, 0.1) is 18.9 Å². The van der Waals surface area contributed by atoms with Crippen LogP contribution in [0.3, 0.4) is 0 Å². The summed E-state index contributed by atoms with van der Waals surface area (Å²) in [6.45, 7) is 1.63. The zero-order valence-electron chi connectivity index (χ0n) is 16.6. The van der Waals surface area contributed by atoms with Gasteiger partial charge >= 0.3 is 0 Å². The van der Waals surface area contributed by atoms with Crippen molar-refractivity contribution >= 4 is 11.0 Å². The van der Waals surface area contributed by atoms with Crippen molar-refractivity contribution < 1.29 is 13.9 Å². The monoisotopic (exact) mass is 404 g/mol. The van der Waals surface area contributed by atoms with Crippen LogP contribution in [0.2, 0.25) is 0 Å². The molecule has 1 fully saturated rings. The van der Waals surface area contributed by atoms with Crippen molar-refractivity contribution in [2.24, 2.45) is 0 Å². The van der Waals surface area contributed by atoms with Crippen LogP contribution in [0.1, 0.15) is 24.3 Å². The van der Waals surface area contributed by atoms with Gasteiger partial charge in [0.25, 0.3) is 0 Å². The van der Waals surface area contributed by atoms with E-state index >= 15 is 0 Å². The fraction of sp³-hybridized carbons (Fsp3) is 0.261. The summed E-state index contributed by atoms with van der Waals surface area (Å²) in [5.74, 6) is 0.755. The van der Waals surface area contributed by atoms with E-state index in [9.17, 15) is 4.39 Å². The Kier molecular flexibility index (Phi) is 4.88. The minimum Gasteiger partial charge on any atom is -0.496 e.